The number of nitrogens with zero attached hydrogens (tertiary/aromatic N) is 2. The van der Waals surface area contributed by atoms with Crippen molar-refractivity contribution in [1.82, 2.24) is 4.98 Å². The van der Waals surface area contributed by atoms with E-state index in [1.165, 1.54) is 0 Å². The maximum Gasteiger partial charge on any atom is 0.129 e. The second kappa shape index (κ2) is 7.18. The summed E-state index contributed by atoms with van der Waals surface area (Å²) in [5, 5.41) is 21.6. The van der Waals surface area contributed by atoms with Crippen molar-refractivity contribution in [2.75, 3.05) is 31.7 Å². The summed E-state index contributed by atoms with van der Waals surface area (Å²) in [6, 6.07) is 8.00. The van der Waals surface area contributed by atoms with Crippen LogP contribution in [0.3, 0.4) is 0 Å². The molecule has 3 rings (SSSR count). The topological polar surface area (TPSA) is 65.8 Å². The van der Waals surface area contributed by atoms with Gasteiger partial charge in [0, 0.05) is 30.0 Å². The van der Waals surface area contributed by atoms with Gasteiger partial charge in [-0.15, -0.1) is 0 Å². The Hall–Kier alpha value is -1.85. The number of ether oxygens (including phenoxy) is 1. The summed E-state index contributed by atoms with van der Waals surface area (Å²) in [6.07, 6.45) is 2.04. The monoisotopic (exact) mass is 344 g/mol. The third-order valence-corrected chi connectivity index (χ3v) is 5.58. The Kier molecular flexibility index (Phi) is 5.16. The molecule has 2 heterocycles. The molecule has 0 spiro atoms. The molecule has 1 fully saturated rings. The molecule has 1 saturated heterocycles. The molecule has 0 amide bonds. The number of aliphatic hydroxyl groups is 2. The van der Waals surface area contributed by atoms with Gasteiger partial charge in [-0.25, -0.2) is 4.98 Å². The van der Waals surface area contributed by atoms with E-state index >= 15 is 0 Å². The number of hydrogen-bond donors (Lipinski definition) is 2. The molecule has 2 aromatic rings. The van der Waals surface area contributed by atoms with Crippen molar-refractivity contribution < 1.29 is 14.9 Å². The molecule has 0 saturated carbocycles. The van der Waals surface area contributed by atoms with Gasteiger partial charge < -0.3 is 19.8 Å². The van der Waals surface area contributed by atoms with Crippen LogP contribution in [0.5, 0.6) is 5.75 Å². The average molecular weight is 344 g/mol. The maximum absolute atomic E-state index is 10.7. The Bertz CT molecular complexity index is 749. The molecule has 136 valence electrons. The SMILES string of the molecule is CCC[C@]1(CO)CCN(c2cc(C)c3ccc(OC)cc3n2)C[C@H]1O. The summed E-state index contributed by atoms with van der Waals surface area (Å²) in [5.41, 5.74) is 1.68. The summed E-state index contributed by atoms with van der Waals surface area (Å²) in [6.45, 7) is 5.51. The van der Waals surface area contributed by atoms with Crippen LogP contribution < -0.4 is 9.64 Å². The number of benzene rings is 1. The number of aromatic nitrogens is 1. The van der Waals surface area contributed by atoms with Crippen molar-refractivity contribution in [3.63, 3.8) is 0 Å². The first-order chi connectivity index (χ1) is 12.0. The van der Waals surface area contributed by atoms with Crippen LogP contribution >= 0.6 is 0 Å². The van der Waals surface area contributed by atoms with E-state index < -0.39 is 6.10 Å². The van der Waals surface area contributed by atoms with Gasteiger partial charge in [0.2, 0.25) is 0 Å². The minimum atomic E-state index is -0.547. The lowest BCUT2D eigenvalue weighted by Gasteiger charge is -2.45. The standard InChI is InChI=1S/C20H28N2O3/c1-4-7-20(13-23)8-9-22(12-18(20)24)19-10-14(2)16-6-5-15(25-3)11-17(16)21-19/h5-6,10-11,18,23-24H,4,7-9,12-13H2,1-3H3/t18-,20-/m1/s1. The molecular formula is C20H28N2O3. The predicted octanol–water partition coefficient (Wildman–Crippen LogP) is 2.90. The predicted molar refractivity (Wildman–Crippen MR) is 100 cm³/mol. The van der Waals surface area contributed by atoms with Crippen LogP contribution in [0.2, 0.25) is 0 Å². The molecule has 1 aliphatic rings. The van der Waals surface area contributed by atoms with E-state index in [1.54, 1.807) is 7.11 Å². The van der Waals surface area contributed by atoms with Crippen LogP contribution in [0.25, 0.3) is 10.9 Å². The fraction of sp³-hybridized carbons (Fsp3) is 0.550. The lowest BCUT2D eigenvalue weighted by molar-refractivity contribution is -0.0372. The molecule has 1 aromatic heterocycles. The number of hydrogen-bond acceptors (Lipinski definition) is 5. The number of piperidine rings is 1. The van der Waals surface area contributed by atoms with Crippen LogP contribution in [0.4, 0.5) is 5.82 Å². The molecule has 2 atom stereocenters. The second-order valence-electron chi connectivity index (χ2n) is 7.16. The molecule has 1 aliphatic heterocycles. The Balaban J connectivity index is 1.90. The molecule has 1 aromatic carbocycles. The zero-order valence-electron chi connectivity index (χ0n) is 15.3. The minimum absolute atomic E-state index is 0.0389. The fourth-order valence-corrected chi connectivity index (χ4v) is 3.93. The van der Waals surface area contributed by atoms with Gasteiger partial charge in [-0.3, -0.25) is 0 Å². The summed E-state index contributed by atoms with van der Waals surface area (Å²) in [4.78, 5) is 6.92. The van der Waals surface area contributed by atoms with Gasteiger partial charge in [0.1, 0.15) is 11.6 Å². The normalized spacial score (nSPS) is 23.9. The zero-order chi connectivity index (χ0) is 18.0. The summed E-state index contributed by atoms with van der Waals surface area (Å²) >= 11 is 0. The van der Waals surface area contributed by atoms with Crippen LogP contribution in [-0.4, -0.2) is 48.1 Å². The first-order valence-electron chi connectivity index (χ1n) is 9.02. The van der Waals surface area contributed by atoms with E-state index in [0.29, 0.717) is 6.54 Å². The zero-order valence-corrected chi connectivity index (χ0v) is 15.3. The number of aryl methyl sites for hydroxylation is 1. The number of rotatable bonds is 5. The number of fused-ring (bicyclic) bond motifs is 1. The van der Waals surface area contributed by atoms with Crippen molar-refractivity contribution in [2.45, 2.75) is 39.2 Å². The van der Waals surface area contributed by atoms with Gasteiger partial charge in [-0.1, -0.05) is 13.3 Å². The molecule has 0 radical (unpaired) electrons. The molecule has 0 aliphatic carbocycles. The molecule has 0 unspecified atom stereocenters. The fourth-order valence-electron chi connectivity index (χ4n) is 3.93. The van der Waals surface area contributed by atoms with Crippen molar-refractivity contribution in [3.8, 4) is 5.75 Å². The summed E-state index contributed by atoms with van der Waals surface area (Å²) < 4.78 is 5.31. The number of anilines is 1. The molecule has 25 heavy (non-hydrogen) atoms. The number of β-amino-alcohol motifs (C(OH)–C–C–N with tert-alkyl or cyclic N) is 1. The van der Waals surface area contributed by atoms with Gasteiger partial charge >= 0.3 is 0 Å². The van der Waals surface area contributed by atoms with Crippen LogP contribution in [0.1, 0.15) is 31.7 Å². The van der Waals surface area contributed by atoms with Crippen LogP contribution in [-0.2, 0) is 0 Å². The van der Waals surface area contributed by atoms with Gasteiger partial charge in [0.15, 0.2) is 0 Å². The first-order valence-corrected chi connectivity index (χ1v) is 9.02. The highest BCUT2D eigenvalue weighted by atomic mass is 16.5. The van der Waals surface area contributed by atoms with Crippen molar-refractivity contribution >= 4 is 16.7 Å². The molecular weight excluding hydrogens is 316 g/mol. The number of aliphatic hydroxyl groups excluding tert-OH is 2. The largest absolute Gasteiger partial charge is 0.497 e. The lowest BCUT2D eigenvalue weighted by Crippen LogP contribution is -2.53. The summed E-state index contributed by atoms with van der Waals surface area (Å²) in [5.74, 6) is 1.66. The lowest BCUT2D eigenvalue weighted by atomic mass is 9.73. The Morgan fingerprint density at radius 1 is 1.36 bits per heavy atom. The Morgan fingerprint density at radius 2 is 2.16 bits per heavy atom. The van der Waals surface area contributed by atoms with Gasteiger partial charge in [0.25, 0.3) is 0 Å². The third kappa shape index (κ3) is 3.31. The molecule has 5 heteroatoms. The van der Waals surface area contributed by atoms with Crippen LogP contribution in [0.15, 0.2) is 24.3 Å². The quantitative estimate of drug-likeness (QED) is 0.873. The molecule has 0 bridgehead atoms. The average Bonchev–Trinajstić information content (AvgIpc) is 2.63. The Morgan fingerprint density at radius 3 is 2.80 bits per heavy atom. The smallest absolute Gasteiger partial charge is 0.129 e. The molecule has 2 N–H and O–H groups in total. The van der Waals surface area contributed by atoms with E-state index in [0.717, 1.165) is 53.8 Å². The highest BCUT2D eigenvalue weighted by Gasteiger charge is 2.41. The van der Waals surface area contributed by atoms with E-state index in [2.05, 4.69) is 24.8 Å². The maximum atomic E-state index is 10.7. The number of methoxy groups -OCH3 is 1. The molecule has 5 nitrogen and oxygen atoms in total. The third-order valence-electron chi connectivity index (χ3n) is 5.58. The first kappa shape index (κ1) is 18.0. The van der Waals surface area contributed by atoms with E-state index in [1.807, 2.05) is 18.2 Å². The van der Waals surface area contributed by atoms with Gasteiger partial charge in [-0.2, -0.15) is 0 Å². The van der Waals surface area contributed by atoms with Crippen molar-refractivity contribution in [2.24, 2.45) is 5.41 Å². The van der Waals surface area contributed by atoms with E-state index in [4.69, 9.17) is 9.72 Å². The highest BCUT2D eigenvalue weighted by Crippen LogP contribution is 2.37. The summed E-state index contributed by atoms with van der Waals surface area (Å²) in [7, 11) is 1.65. The minimum Gasteiger partial charge on any atom is -0.497 e. The van der Waals surface area contributed by atoms with E-state index in [-0.39, 0.29) is 12.0 Å². The number of pyridine rings is 1. The second-order valence-corrected chi connectivity index (χ2v) is 7.16. The van der Waals surface area contributed by atoms with Crippen molar-refractivity contribution in [1.29, 1.82) is 0 Å². The van der Waals surface area contributed by atoms with Crippen LogP contribution in [0, 0.1) is 12.3 Å². The highest BCUT2D eigenvalue weighted by molar-refractivity contribution is 5.85. The van der Waals surface area contributed by atoms with Gasteiger partial charge in [0.05, 0.1) is 25.3 Å². The Labute approximate surface area is 149 Å². The van der Waals surface area contributed by atoms with Gasteiger partial charge in [-0.05, 0) is 43.5 Å². The van der Waals surface area contributed by atoms with Crippen molar-refractivity contribution in [3.05, 3.63) is 29.8 Å². The van der Waals surface area contributed by atoms with E-state index in [9.17, 15) is 10.2 Å².